The Bertz CT molecular complexity index is 1300. The van der Waals surface area contributed by atoms with E-state index in [1.165, 1.54) is 4.68 Å². The molecule has 0 aliphatic carbocycles. The van der Waals surface area contributed by atoms with Crippen LogP contribution in [0.25, 0.3) is 28.0 Å². The molecule has 0 saturated heterocycles. The molecule has 8 nitrogen and oxygen atoms in total. The van der Waals surface area contributed by atoms with Gasteiger partial charge in [-0.1, -0.05) is 49.6 Å². The number of esters is 1. The highest BCUT2D eigenvalue weighted by Crippen LogP contribution is 2.33. The second-order valence-electron chi connectivity index (χ2n) is 8.09. The summed E-state index contributed by atoms with van der Waals surface area (Å²) in [6.07, 6.45) is 6.78. The van der Waals surface area contributed by atoms with Crippen molar-refractivity contribution in [2.24, 2.45) is 0 Å². The van der Waals surface area contributed by atoms with E-state index in [1.54, 1.807) is 23.0 Å². The maximum Gasteiger partial charge on any atom is 0.305 e. The largest absolute Gasteiger partial charge is 0.466 e. The van der Waals surface area contributed by atoms with Crippen LogP contribution in [0.1, 0.15) is 45.4 Å². The van der Waals surface area contributed by atoms with Crippen molar-refractivity contribution in [1.29, 1.82) is 0 Å². The van der Waals surface area contributed by atoms with E-state index in [1.807, 2.05) is 49.4 Å². The summed E-state index contributed by atoms with van der Waals surface area (Å²) >= 11 is 0. The van der Waals surface area contributed by atoms with Crippen LogP contribution in [0, 0.1) is 0 Å². The Hall–Kier alpha value is -3.81. The Morgan fingerprint density at radius 2 is 1.71 bits per heavy atom. The Morgan fingerprint density at radius 1 is 0.912 bits per heavy atom. The smallest absolute Gasteiger partial charge is 0.305 e. The molecule has 3 aromatic heterocycles. The third-order valence-corrected chi connectivity index (χ3v) is 5.65. The van der Waals surface area contributed by atoms with Crippen LogP contribution in [0.3, 0.4) is 0 Å². The lowest BCUT2D eigenvalue weighted by atomic mass is 10.0. The predicted molar refractivity (Wildman–Crippen MR) is 130 cm³/mol. The van der Waals surface area contributed by atoms with E-state index in [-0.39, 0.29) is 11.5 Å². The number of nitrogens with zero attached hydrogens (tertiary/aromatic N) is 5. The zero-order chi connectivity index (χ0) is 23.8. The van der Waals surface area contributed by atoms with Gasteiger partial charge in [0.15, 0.2) is 0 Å². The zero-order valence-electron chi connectivity index (χ0n) is 19.4. The first-order valence-corrected chi connectivity index (χ1v) is 11.8. The number of fused-ring (bicyclic) bond motifs is 1. The van der Waals surface area contributed by atoms with E-state index in [2.05, 4.69) is 10.2 Å². The van der Waals surface area contributed by atoms with Crippen molar-refractivity contribution in [2.45, 2.75) is 52.0 Å². The number of hydrogen-bond acceptors (Lipinski definition) is 6. The fraction of sp³-hybridized carbons (Fsp3) is 0.346. The average molecular weight is 460 g/mol. The van der Waals surface area contributed by atoms with Crippen LogP contribution in [-0.4, -0.2) is 37.2 Å². The Kier molecular flexibility index (Phi) is 7.80. The molecular formula is C26H29N5O3. The van der Waals surface area contributed by atoms with Crippen LogP contribution < -0.4 is 5.56 Å². The van der Waals surface area contributed by atoms with Gasteiger partial charge in [-0.2, -0.15) is 14.8 Å². The van der Waals surface area contributed by atoms with Gasteiger partial charge in [-0.15, -0.1) is 5.10 Å². The lowest BCUT2D eigenvalue weighted by Gasteiger charge is -2.08. The molecule has 1 aromatic carbocycles. The first-order valence-electron chi connectivity index (χ1n) is 11.8. The molecule has 3 heterocycles. The summed E-state index contributed by atoms with van der Waals surface area (Å²) in [5, 5.41) is 13.7. The number of benzene rings is 1. The molecule has 0 saturated carbocycles. The number of carbonyl (C=O) groups is 1. The molecule has 0 atom stereocenters. The fourth-order valence-electron chi connectivity index (χ4n) is 3.98. The number of rotatable bonds is 11. The molecule has 0 bridgehead atoms. The molecule has 8 heteroatoms. The van der Waals surface area contributed by atoms with E-state index < -0.39 is 0 Å². The van der Waals surface area contributed by atoms with Crippen molar-refractivity contribution in [3.05, 3.63) is 71.1 Å². The molecule has 176 valence electrons. The molecule has 0 aliphatic rings. The second-order valence-corrected chi connectivity index (χ2v) is 8.09. The van der Waals surface area contributed by atoms with Gasteiger partial charge in [0.05, 0.1) is 23.4 Å². The van der Waals surface area contributed by atoms with Crippen LogP contribution in [-0.2, 0) is 16.1 Å². The number of carbonyl (C=O) groups excluding carboxylic acids is 1. The maximum absolute atomic E-state index is 12.5. The molecule has 0 N–H and O–H groups in total. The van der Waals surface area contributed by atoms with E-state index in [9.17, 15) is 9.59 Å². The van der Waals surface area contributed by atoms with Crippen LogP contribution in [0.15, 0.2) is 65.6 Å². The normalized spacial score (nSPS) is 11.1. The fourth-order valence-corrected chi connectivity index (χ4v) is 3.98. The van der Waals surface area contributed by atoms with E-state index in [0.29, 0.717) is 25.3 Å². The molecule has 0 spiro atoms. The van der Waals surface area contributed by atoms with Gasteiger partial charge >= 0.3 is 5.97 Å². The number of ether oxygens (including phenoxy) is 1. The minimum Gasteiger partial charge on any atom is -0.466 e. The van der Waals surface area contributed by atoms with Crippen LogP contribution >= 0.6 is 0 Å². The molecule has 0 fully saturated rings. The third-order valence-electron chi connectivity index (χ3n) is 5.65. The highest BCUT2D eigenvalue weighted by atomic mass is 16.5. The van der Waals surface area contributed by atoms with Crippen molar-refractivity contribution in [1.82, 2.24) is 24.6 Å². The molecule has 34 heavy (non-hydrogen) atoms. The molecule has 0 amide bonds. The maximum atomic E-state index is 12.5. The second kappa shape index (κ2) is 11.4. The number of hydrogen-bond donors (Lipinski definition) is 0. The number of aromatic nitrogens is 5. The quantitative estimate of drug-likeness (QED) is 0.242. The summed E-state index contributed by atoms with van der Waals surface area (Å²) < 4.78 is 8.08. The summed E-state index contributed by atoms with van der Waals surface area (Å²) in [7, 11) is 0. The molecule has 4 aromatic rings. The SMILES string of the molecule is CCOC(=O)CCCCCCCn1nc(-c2c(-c3ccccc3)nn3ncccc23)ccc1=O. The minimum absolute atomic E-state index is 0.123. The van der Waals surface area contributed by atoms with Crippen LogP contribution in [0.5, 0.6) is 0 Å². The number of aryl methyl sites for hydroxylation is 1. The van der Waals surface area contributed by atoms with Crippen molar-refractivity contribution >= 4 is 11.5 Å². The van der Waals surface area contributed by atoms with Gasteiger partial charge in [-0.3, -0.25) is 9.59 Å². The third kappa shape index (κ3) is 5.57. The van der Waals surface area contributed by atoms with Crippen molar-refractivity contribution < 1.29 is 9.53 Å². The molecule has 4 rings (SSSR count). The molecular weight excluding hydrogens is 430 g/mol. The lowest BCUT2D eigenvalue weighted by Crippen LogP contribution is -2.22. The summed E-state index contributed by atoms with van der Waals surface area (Å²) in [5.41, 5.74) is 3.99. The first-order chi connectivity index (χ1) is 16.7. The first kappa shape index (κ1) is 23.4. The van der Waals surface area contributed by atoms with Gasteiger partial charge in [0.1, 0.15) is 5.69 Å². The van der Waals surface area contributed by atoms with E-state index in [0.717, 1.165) is 54.4 Å². The van der Waals surface area contributed by atoms with Gasteiger partial charge in [-0.05, 0) is 38.0 Å². The predicted octanol–water partition coefficient (Wildman–Crippen LogP) is 4.52. The molecule has 0 aliphatic heterocycles. The molecule has 0 unspecified atom stereocenters. The standard InChI is InChI=1S/C26H29N5O3/c1-2-34-24(33)15-9-4-3-5-10-19-30-23(32)17-16-21(28-30)25-22-14-11-18-27-31(22)29-26(25)20-12-7-6-8-13-20/h6-8,11-14,16-18H,2-5,9-10,15,19H2,1H3. The average Bonchev–Trinajstić information content (AvgIpc) is 3.25. The highest BCUT2D eigenvalue weighted by molar-refractivity contribution is 5.90. The van der Waals surface area contributed by atoms with E-state index >= 15 is 0 Å². The van der Waals surface area contributed by atoms with Crippen molar-refractivity contribution in [2.75, 3.05) is 6.61 Å². The van der Waals surface area contributed by atoms with E-state index in [4.69, 9.17) is 9.84 Å². The van der Waals surface area contributed by atoms with Crippen LogP contribution in [0.2, 0.25) is 0 Å². The summed E-state index contributed by atoms with van der Waals surface area (Å²) in [5.74, 6) is -0.132. The summed E-state index contributed by atoms with van der Waals surface area (Å²) in [6, 6.07) is 17.1. The topological polar surface area (TPSA) is 91.4 Å². The summed E-state index contributed by atoms with van der Waals surface area (Å²) in [6.45, 7) is 2.79. The van der Waals surface area contributed by atoms with Crippen molar-refractivity contribution in [3.63, 3.8) is 0 Å². The monoisotopic (exact) mass is 459 g/mol. The van der Waals surface area contributed by atoms with Gasteiger partial charge in [0.25, 0.3) is 5.56 Å². The molecule has 0 radical (unpaired) electrons. The van der Waals surface area contributed by atoms with Crippen molar-refractivity contribution in [3.8, 4) is 22.5 Å². The van der Waals surface area contributed by atoms with Crippen LogP contribution in [0.4, 0.5) is 0 Å². The van der Waals surface area contributed by atoms with Gasteiger partial charge in [0.2, 0.25) is 0 Å². The lowest BCUT2D eigenvalue weighted by molar-refractivity contribution is -0.143. The van der Waals surface area contributed by atoms with Gasteiger partial charge in [-0.25, -0.2) is 4.68 Å². The zero-order valence-corrected chi connectivity index (χ0v) is 19.4. The summed E-state index contributed by atoms with van der Waals surface area (Å²) in [4.78, 5) is 23.9. The highest BCUT2D eigenvalue weighted by Gasteiger charge is 2.18. The van der Waals surface area contributed by atoms with Gasteiger partial charge < -0.3 is 4.74 Å². The Labute approximate surface area is 198 Å². The Morgan fingerprint density at radius 3 is 2.53 bits per heavy atom. The number of unbranched alkanes of at least 4 members (excludes halogenated alkanes) is 4. The Balaban J connectivity index is 1.48. The minimum atomic E-state index is -0.132. The van der Waals surface area contributed by atoms with Gasteiger partial charge in [0, 0.05) is 30.8 Å².